The van der Waals surface area contributed by atoms with E-state index in [1.807, 2.05) is 6.20 Å². The van der Waals surface area contributed by atoms with Crippen molar-refractivity contribution >= 4 is 11.3 Å². The summed E-state index contributed by atoms with van der Waals surface area (Å²) in [4.78, 5) is 9.68. The molecule has 0 aromatic carbocycles. The number of ether oxygens (including phenoxy) is 1. The Labute approximate surface area is 131 Å². The van der Waals surface area contributed by atoms with Gasteiger partial charge in [-0.25, -0.2) is 4.98 Å². The Morgan fingerprint density at radius 3 is 3.00 bits per heavy atom. The Bertz CT molecular complexity index is 462. The van der Waals surface area contributed by atoms with Crippen LogP contribution in [0.25, 0.3) is 0 Å². The molecule has 0 radical (unpaired) electrons. The zero-order chi connectivity index (χ0) is 14.1. The molecular formula is C16H25N3OS. The molecule has 1 aliphatic carbocycles. The predicted octanol–water partition coefficient (Wildman–Crippen LogP) is 2.08. The van der Waals surface area contributed by atoms with Gasteiger partial charge in [0.15, 0.2) is 0 Å². The van der Waals surface area contributed by atoms with Crippen LogP contribution in [0.2, 0.25) is 0 Å². The highest BCUT2D eigenvalue weighted by atomic mass is 32.1. The van der Waals surface area contributed by atoms with Crippen LogP contribution in [0.5, 0.6) is 0 Å². The molecule has 1 unspecified atom stereocenters. The van der Waals surface area contributed by atoms with Crippen molar-refractivity contribution in [3.05, 3.63) is 16.6 Å². The fourth-order valence-corrected chi connectivity index (χ4v) is 4.49. The van der Waals surface area contributed by atoms with Gasteiger partial charge < -0.3 is 9.64 Å². The first-order chi connectivity index (χ1) is 10.3. The van der Waals surface area contributed by atoms with Gasteiger partial charge in [0.05, 0.1) is 19.8 Å². The second-order valence-corrected chi connectivity index (χ2v) is 8.10. The zero-order valence-corrected chi connectivity index (χ0v) is 13.5. The van der Waals surface area contributed by atoms with Gasteiger partial charge in [-0.05, 0) is 31.7 Å². The average molecular weight is 307 g/mol. The van der Waals surface area contributed by atoms with Gasteiger partial charge >= 0.3 is 0 Å². The van der Waals surface area contributed by atoms with E-state index < -0.39 is 0 Å². The first kappa shape index (κ1) is 14.1. The lowest BCUT2D eigenvalue weighted by molar-refractivity contribution is 0.0707. The molecule has 5 heteroatoms. The van der Waals surface area contributed by atoms with E-state index in [1.165, 1.54) is 50.4 Å². The van der Waals surface area contributed by atoms with Crippen LogP contribution >= 0.6 is 11.3 Å². The number of rotatable bonds is 4. The number of thiazole rings is 1. The van der Waals surface area contributed by atoms with Gasteiger partial charge in [-0.3, -0.25) is 4.90 Å². The molecule has 4 nitrogen and oxygen atoms in total. The molecule has 21 heavy (non-hydrogen) atoms. The van der Waals surface area contributed by atoms with Crippen LogP contribution in [-0.2, 0) is 11.3 Å². The largest absolute Gasteiger partial charge is 0.379 e. The maximum atomic E-state index is 5.97. The van der Waals surface area contributed by atoms with Crippen molar-refractivity contribution in [2.45, 2.75) is 25.8 Å². The normalized spacial score (nSPS) is 31.8. The molecule has 2 aliphatic heterocycles. The summed E-state index contributed by atoms with van der Waals surface area (Å²) in [5.41, 5.74) is 0.364. The minimum Gasteiger partial charge on any atom is -0.379 e. The van der Waals surface area contributed by atoms with Crippen molar-refractivity contribution in [3.8, 4) is 0 Å². The summed E-state index contributed by atoms with van der Waals surface area (Å²) in [6, 6.07) is 0. The molecule has 2 saturated heterocycles. The number of hydrogen-bond acceptors (Lipinski definition) is 5. The highest BCUT2D eigenvalue weighted by Gasteiger charge is 2.41. The van der Waals surface area contributed by atoms with E-state index >= 15 is 0 Å². The van der Waals surface area contributed by atoms with Crippen LogP contribution in [-0.4, -0.2) is 60.7 Å². The molecular weight excluding hydrogens is 282 g/mol. The van der Waals surface area contributed by atoms with Crippen molar-refractivity contribution in [3.63, 3.8) is 0 Å². The van der Waals surface area contributed by atoms with Gasteiger partial charge in [0.1, 0.15) is 5.01 Å². The Morgan fingerprint density at radius 2 is 2.19 bits per heavy atom. The molecule has 1 saturated carbocycles. The minimum absolute atomic E-state index is 0.364. The Kier molecular flexibility index (Phi) is 4.00. The van der Waals surface area contributed by atoms with Crippen LogP contribution in [0.4, 0.5) is 0 Å². The summed E-state index contributed by atoms with van der Waals surface area (Å²) in [7, 11) is 0. The van der Waals surface area contributed by atoms with E-state index in [0.717, 1.165) is 32.2 Å². The average Bonchev–Trinajstić information content (AvgIpc) is 3.04. The molecule has 4 rings (SSSR count). The number of likely N-dealkylation sites (tertiary alicyclic amines) is 1. The van der Waals surface area contributed by atoms with Crippen LogP contribution in [0.15, 0.2) is 11.6 Å². The summed E-state index contributed by atoms with van der Waals surface area (Å²) < 4.78 is 5.97. The van der Waals surface area contributed by atoms with Gasteiger partial charge in [-0.2, -0.15) is 0 Å². The van der Waals surface area contributed by atoms with Crippen molar-refractivity contribution in [2.24, 2.45) is 11.3 Å². The van der Waals surface area contributed by atoms with Crippen molar-refractivity contribution < 1.29 is 4.74 Å². The molecule has 3 fully saturated rings. The molecule has 0 amide bonds. The molecule has 3 aliphatic rings. The number of aromatic nitrogens is 1. The van der Waals surface area contributed by atoms with E-state index in [2.05, 4.69) is 20.2 Å². The van der Waals surface area contributed by atoms with E-state index in [9.17, 15) is 0 Å². The van der Waals surface area contributed by atoms with Gasteiger partial charge in [-0.1, -0.05) is 0 Å². The summed E-state index contributed by atoms with van der Waals surface area (Å²) in [5.74, 6) is 0.980. The van der Waals surface area contributed by atoms with Crippen LogP contribution < -0.4 is 0 Å². The lowest BCUT2D eigenvalue weighted by Gasteiger charge is -2.32. The van der Waals surface area contributed by atoms with Crippen LogP contribution in [0, 0.1) is 11.3 Å². The topological polar surface area (TPSA) is 28.6 Å². The molecule has 3 heterocycles. The lowest BCUT2D eigenvalue weighted by atomic mass is 9.87. The SMILES string of the molecule is c1csc(CN2CCC3(COCCN(CC4CC4)C3)C2)n1. The number of hydrogen-bond donors (Lipinski definition) is 0. The molecule has 116 valence electrons. The van der Waals surface area contributed by atoms with Gasteiger partial charge in [0.2, 0.25) is 0 Å². The molecule has 1 atom stereocenters. The third-order valence-corrected chi connectivity index (χ3v) is 5.86. The zero-order valence-electron chi connectivity index (χ0n) is 12.7. The quantitative estimate of drug-likeness (QED) is 0.851. The first-order valence-corrected chi connectivity index (χ1v) is 9.10. The van der Waals surface area contributed by atoms with E-state index in [1.54, 1.807) is 11.3 Å². The third-order valence-electron chi connectivity index (χ3n) is 5.09. The van der Waals surface area contributed by atoms with E-state index in [0.29, 0.717) is 5.41 Å². The minimum atomic E-state index is 0.364. The van der Waals surface area contributed by atoms with E-state index in [-0.39, 0.29) is 0 Å². The highest BCUT2D eigenvalue weighted by molar-refractivity contribution is 7.09. The smallest absolute Gasteiger partial charge is 0.107 e. The molecule has 1 aromatic rings. The van der Waals surface area contributed by atoms with E-state index in [4.69, 9.17) is 4.74 Å². The second-order valence-electron chi connectivity index (χ2n) is 7.12. The molecule has 0 bridgehead atoms. The van der Waals surface area contributed by atoms with Crippen molar-refractivity contribution in [1.82, 2.24) is 14.8 Å². The molecule has 1 spiro atoms. The summed E-state index contributed by atoms with van der Waals surface area (Å²) in [6.45, 7) is 8.92. The maximum absolute atomic E-state index is 5.97. The van der Waals surface area contributed by atoms with Crippen molar-refractivity contribution in [2.75, 3.05) is 45.9 Å². The first-order valence-electron chi connectivity index (χ1n) is 8.22. The summed E-state index contributed by atoms with van der Waals surface area (Å²) in [5, 5.41) is 3.32. The Morgan fingerprint density at radius 1 is 1.29 bits per heavy atom. The third kappa shape index (κ3) is 3.47. The molecule has 1 aromatic heterocycles. The number of nitrogens with zero attached hydrogens (tertiary/aromatic N) is 3. The van der Waals surface area contributed by atoms with Gasteiger partial charge in [0.25, 0.3) is 0 Å². The maximum Gasteiger partial charge on any atom is 0.107 e. The lowest BCUT2D eigenvalue weighted by Crippen LogP contribution is -2.41. The second kappa shape index (κ2) is 5.95. The molecule has 0 N–H and O–H groups in total. The van der Waals surface area contributed by atoms with Crippen molar-refractivity contribution in [1.29, 1.82) is 0 Å². The Balaban J connectivity index is 1.38. The summed E-state index contributed by atoms with van der Waals surface area (Å²) >= 11 is 1.77. The van der Waals surface area contributed by atoms with Gasteiger partial charge in [-0.15, -0.1) is 11.3 Å². The highest BCUT2D eigenvalue weighted by Crippen LogP contribution is 2.36. The monoisotopic (exact) mass is 307 g/mol. The van der Waals surface area contributed by atoms with Crippen LogP contribution in [0.3, 0.4) is 0 Å². The standard InChI is InChI=1S/C16H25N3OS/c1-2-14(1)9-19-6-7-20-13-16(12-19)3-5-18(11-16)10-15-17-4-8-21-15/h4,8,14H,1-3,5-7,9-13H2. The van der Waals surface area contributed by atoms with Crippen LogP contribution in [0.1, 0.15) is 24.3 Å². The fraction of sp³-hybridized carbons (Fsp3) is 0.812. The fourth-order valence-electron chi connectivity index (χ4n) is 3.83. The predicted molar refractivity (Wildman–Crippen MR) is 84.4 cm³/mol. The summed E-state index contributed by atoms with van der Waals surface area (Å²) in [6.07, 6.45) is 6.08. The Hall–Kier alpha value is -0.490. The van der Waals surface area contributed by atoms with Gasteiger partial charge in [0, 0.05) is 43.2 Å².